The molecule has 0 heterocycles. The van der Waals surface area contributed by atoms with Gasteiger partial charge >= 0.3 is 0 Å². The Labute approximate surface area is 121 Å². The maximum atomic E-state index is 13.0. The fourth-order valence-corrected chi connectivity index (χ4v) is 2.46. The van der Waals surface area contributed by atoms with E-state index in [1.807, 2.05) is 0 Å². The van der Waals surface area contributed by atoms with Crippen LogP contribution in [0.4, 0.5) is 14.5 Å². The van der Waals surface area contributed by atoms with Crippen molar-refractivity contribution in [2.75, 3.05) is 11.9 Å². The number of anilines is 1. The number of halogens is 2. The maximum absolute atomic E-state index is 13.0. The number of benzene rings is 1. The minimum atomic E-state index is -1.03. The van der Waals surface area contributed by atoms with Gasteiger partial charge in [-0.1, -0.05) is 19.3 Å². The Morgan fingerprint density at radius 2 is 1.81 bits per heavy atom. The number of carbonyl (C=O) groups is 2. The largest absolute Gasteiger partial charge is 0.347 e. The van der Waals surface area contributed by atoms with Gasteiger partial charge in [-0.05, 0) is 25.0 Å². The molecule has 4 nitrogen and oxygen atoms in total. The summed E-state index contributed by atoms with van der Waals surface area (Å²) in [6.45, 7) is -0.172. The summed E-state index contributed by atoms with van der Waals surface area (Å²) in [4.78, 5) is 23.5. The number of rotatable bonds is 4. The van der Waals surface area contributed by atoms with Crippen LogP contribution < -0.4 is 10.6 Å². The van der Waals surface area contributed by atoms with E-state index in [1.165, 1.54) is 6.07 Å². The predicted molar refractivity (Wildman–Crippen MR) is 74.6 cm³/mol. The summed E-state index contributed by atoms with van der Waals surface area (Å²) in [5.74, 6) is -2.60. The Hall–Kier alpha value is -1.98. The van der Waals surface area contributed by atoms with E-state index in [1.54, 1.807) is 0 Å². The molecule has 0 bridgehead atoms. The number of nitrogens with one attached hydrogen (secondary N) is 2. The standard InChI is InChI=1S/C15H18F2N2O2/c16-12-7-6-11(8-13(12)17)19-14(20)9-18-15(21)10-4-2-1-3-5-10/h6-8,10H,1-5,9H2,(H,18,21)(H,19,20). The van der Waals surface area contributed by atoms with Crippen LogP contribution in [-0.2, 0) is 9.59 Å². The first-order chi connectivity index (χ1) is 10.1. The fourth-order valence-electron chi connectivity index (χ4n) is 2.46. The molecule has 2 amide bonds. The molecule has 2 rings (SSSR count). The van der Waals surface area contributed by atoms with Crippen molar-refractivity contribution in [3.8, 4) is 0 Å². The van der Waals surface area contributed by atoms with Gasteiger partial charge in [-0.2, -0.15) is 0 Å². The van der Waals surface area contributed by atoms with Gasteiger partial charge in [0.1, 0.15) is 0 Å². The van der Waals surface area contributed by atoms with Crippen LogP contribution in [-0.4, -0.2) is 18.4 Å². The molecule has 1 aliphatic rings. The van der Waals surface area contributed by atoms with Crippen LogP contribution in [0.2, 0.25) is 0 Å². The molecule has 0 atom stereocenters. The molecular formula is C15H18F2N2O2. The Balaban J connectivity index is 1.78. The smallest absolute Gasteiger partial charge is 0.243 e. The van der Waals surface area contributed by atoms with Gasteiger partial charge in [0.25, 0.3) is 0 Å². The molecule has 114 valence electrons. The number of hydrogen-bond acceptors (Lipinski definition) is 2. The highest BCUT2D eigenvalue weighted by Gasteiger charge is 2.21. The van der Waals surface area contributed by atoms with Gasteiger partial charge in [0, 0.05) is 17.7 Å². The molecular weight excluding hydrogens is 278 g/mol. The van der Waals surface area contributed by atoms with Crippen molar-refractivity contribution in [3.63, 3.8) is 0 Å². The summed E-state index contributed by atoms with van der Waals surface area (Å²) >= 11 is 0. The molecule has 1 aromatic carbocycles. The third kappa shape index (κ3) is 4.51. The van der Waals surface area contributed by atoms with Crippen molar-refractivity contribution in [1.82, 2.24) is 5.32 Å². The molecule has 21 heavy (non-hydrogen) atoms. The maximum Gasteiger partial charge on any atom is 0.243 e. The Bertz CT molecular complexity index is 528. The average molecular weight is 296 g/mol. The summed E-state index contributed by atoms with van der Waals surface area (Å²) < 4.78 is 25.7. The molecule has 1 fully saturated rings. The van der Waals surface area contributed by atoms with Crippen LogP contribution >= 0.6 is 0 Å². The van der Waals surface area contributed by atoms with Crippen LogP contribution in [0.25, 0.3) is 0 Å². The van der Waals surface area contributed by atoms with Crippen molar-refractivity contribution in [2.45, 2.75) is 32.1 Å². The summed E-state index contributed by atoms with van der Waals surface area (Å²) in [5, 5.41) is 4.99. The quantitative estimate of drug-likeness (QED) is 0.897. The molecule has 0 aromatic heterocycles. The van der Waals surface area contributed by atoms with E-state index in [9.17, 15) is 18.4 Å². The summed E-state index contributed by atoms with van der Waals surface area (Å²) in [7, 11) is 0. The number of amides is 2. The van der Waals surface area contributed by atoms with E-state index >= 15 is 0 Å². The van der Waals surface area contributed by atoms with Crippen LogP contribution in [0, 0.1) is 17.6 Å². The molecule has 1 saturated carbocycles. The Morgan fingerprint density at radius 1 is 1.10 bits per heavy atom. The van der Waals surface area contributed by atoms with Gasteiger partial charge in [0.15, 0.2) is 11.6 Å². The SMILES string of the molecule is O=C(CNC(=O)C1CCCCC1)Nc1ccc(F)c(F)c1. The van der Waals surface area contributed by atoms with Gasteiger partial charge in [0.05, 0.1) is 6.54 Å². The van der Waals surface area contributed by atoms with E-state index in [4.69, 9.17) is 0 Å². The minimum absolute atomic E-state index is 0.0187. The lowest BCUT2D eigenvalue weighted by molar-refractivity contribution is -0.128. The van der Waals surface area contributed by atoms with Crippen LogP contribution in [0.5, 0.6) is 0 Å². The second-order valence-corrected chi connectivity index (χ2v) is 5.23. The van der Waals surface area contributed by atoms with Crippen molar-refractivity contribution in [1.29, 1.82) is 0 Å². The van der Waals surface area contributed by atoms with Crippen molar-refractivity contribution >= 4 is 17.5 Å². The van der Waals surface area contributed by atoms with Crippen molar-refractivity contribution in [2.24, 2.45) is 5.92 Å². The first kappa shape index (κ1) is 15.4. The van der Waals surface area contributed by atoms with Crippen molar-refractivity contribution < 1.29 is 18.4 Å². The lowest BCUT2D eigenvalue weighted by Crippen LogP contribution is -2.37. The summed E-state index contributed by atoms with van der Waals surface area (Å²) in [6, 6.07) is 3.10. The molecule has 0 spiro atoms. The van der Waals surface area contributed by atoms with Gasteiger partial charge in [-0.3, -0.25) is 9.59 Å². The van der Waals surface area contributed by atoms with Gasteiger partial charge < -0.3 is 10.6 Å². The lowest BCUT2D eigenvalue weighted by atomic mass is 9.89. The average Bonchev–Trinajstić information content (AvgIpc) is 2.49. The highest BCUT2D eigenvalue weighted by atomic mass is 19.2. The summed E-state index contributed by atoms with van der Waals surface area (Å²) in [6.07, 6.45) is 4.95. The van der Waals surface area contributed by atoms with Crippen LogP contribution in [0.15, 0.2) is 18.2 Å². The third-order valence-electron chi connectivity index (χ3n) is 3.60. The Morgan fingerprint density at radius 3 is 2.48 bits per heavy atom. The van der Waals surface area contributed by atoms with Gasteiger partial charge in [0.2, 0.25) is 11.8 Å². The zero-order chi connectivity index (χ0) is 15.2. The molecule has 1 aromatic rings. The fraction of sp³-hybridized carbons (Fsp3) is 0.467. The third-order valence-corrected chi connectivity index (χ3v) is 3.60. The molecule has 1 aliphatic carbocycles. The second kappa shape index (κ2) is 7.15. The predicted octanol–water partition coefficient (Wildman–Crippen LogP) is 2.60. The molecule has 0 radical (unpaired) electrons. The highest BCUT2D eigenvalue weighted by Crippen LogP contribution is 2.23. The monoisotopic (exact) mass is 296 g/mol. The van der Waals surface area contributed by atoms with Gasteiger partial charge in [-0.15, -0.1) is 0 Å². The molecule has 0 aliphatic heterocycles. The van der Waals surface area contributed by atoms with E-state index < -0.39 is 17.5 Å². The van der Waals surface area contributed by atoms with E-state index in [2.05, 4.69) is 10.6 Å². The van der Waals surface area contributed by atoms with Crippen LogP contribution in [0.1, 0.15) is 32.1 Å². The molecule has 0 saturated heterocycles. The van der Waals surface area contributed by atoms with E-state index in [-0.39, 0.29) is 24.1 Å². The van der Waals surface area contributed by atoms with E-state index in [0.29, 0.717) is 0 Å². The first-order valence-electron chi connectivity index (χ1n) is 7.09. The second-order valence-electron chi connectivity index (χ2n) is 5.23. The zero-order valence-electron chi connectivity index (χ0n) is 11.6. The van der Waals surface area contributed by atoms with E-state index in [0.717, 1.165) is 44.2 Å². The normalized spacial score (nSPS) is 15.5. The highest BCUT2D eigenvalue weighted by molar-refractivity contribution is 5.94. The van der Waals surface area contributed by atoms with Crippen molar-refractivity contribution in [3.05, 3.63) is 29.8 Å². The summed E-state index contributed by atoms with van der Waals surface area (Å²) in [5.41, 5.74) is 0.158. The minimum Gasteiger partial charge on any atom is -0.347 e. The lowest BCUT2D eigenvalue weighted by Gasteiger charge is -2.20. The zero-order valence-corrected chi connectivity index (χ0v) is 11.6. The van der Waals surface area contributed by atoms with Crippen LogP contribution in [0.3, 0.4) is 0 Å². The topological polar surface area (TPSA) is 58.2 Å². The Kier molecular flexibility index (Phi) is 5.25. The number of hydrogen-bond donors (Lipinski definition) is 2. The van der Waals surface area contributed by atoms with Gasteiger partial charge in [-0.25, -0.2) is 8.78 Å². The molecule has 0 unspecified atom stereocenters. The number of carbonyl (C=O) groups excluding carboxylic acids is 2. The molecule has 2 N–H and O–H groups in total. The molecule has 6 heteroatoms. The first-order valence-corrected chi connectivity index (χ1v) is 7.09.